The van der Waals surface area contributed by atoms with E-state index in [1.54, 1.807) is 26.4 Å². The third kappa shape index (κ3) is 6.40. The van der Waals surface area contributed by atoms with Gasteiger partial charge in [0.15, 0.2) is 11.5 Å². The Balaban J connectivity index is 2.06. The van der Waals surface area contributed by atoms with Crippen molar-refractivity contribution >= 4 is 5.91 Å². The van der Waals surface area contributed by atoms with Gasteiger partial charge < -0.3 is 24.4 Å². The van der Waals surface area contributed by atoms with E-state index in [0.29, 0.717) is 36.2 Å². The molecule has 6 nitrogen and oxygen atoms in total. The average Bonchev–Trinajstić information content (AvgIpc) is 3.18. The quantitative estimate of drug-likeness (QED) is 0.600. The lowest BCUT2D eigenvalue weighted by Gasteiger charge is -2.28. The normalized spacial score (nSPS) is 16.6. The SMILES string of the molecule is COCCCOc1cc(C(=O)N(CCC2CCNC2)C(C)C)ccc1OC. The topological polar surface area (TPSA) is 60.0 Å². The lowest BCUT2D eigenvalue weighted by atomic mass is 10.0. The molecule has 1 atom stereocenters. The highest BCUT2D eigenvalue weighted by Gasteiger charge is 2.23. The van der Waals surface area contributed by atoms with Gasteiger partial charge in [0.2, 0.25) is 0 Å². The van der Waals surface area contributed by atoms with Gasteiger partial charge in [-0.15, -0.1) is 0 Å². The number of hydrogen-bond acceptors (Lipinski definition) is 5. The van der Waals surface area contributed by atoms with Crippen LogP contribution in [0, 0.1) is 5.92 Å². The van der Waals surface area contributed by atoms with Crippen LogP contribution in [0.1, 0.15) is 43.5 Å². The van der Waals surface area contributed by atoms with E-state index in [2.05, 4.69) is 19.2 Å². The Labute approximate surface area is 163 Å². The molecule has 0 saturated carbocycles. The van der Waals surface area contributed by atoms with Crippen LogP contribution in [0.2, 0.25) is 0 Å². The fourth-order valence-electron chi connectivity index (χ4n) is 3.35. The van der Waals surface area contributed by atoms with E-state index in [4.69, 9.17) is 14.2 Å². The number of ether oxygens (including phenoxy) is 3. The van der Waals surface area contributed by atoms with Crippen LogP contribution in [0.3, 0.4) is 0 Å². The minimum atomic E-state index is 0.0420. The molecule has 6 heteroatoms. The van der Waals surface area contributed by atoms with Gasteiger partial charge in [-0.1, -0.05) is 0 Å². The maximum Gasteiger partial charge on any atom is 0.254 e. The van der Waals surface area contributed by atoms with E-state index < -0.39 is 0 Å². The Morgan fingerprint density at radius 3 is 2.70 bits per heavy atom. The summed E-state index contributed by atoms with van der Waals surface area (Å²) in [7, 11) is 3.27. The Kier molecular flexibility index (Phi) is 8.88. The molecule has 1 N–H and O–H groups in total. The first-order valence-corrected chi connectivity index (χ1v) is 9.88. The van der Waals surface area contributed by atoms with Gasteiger partial charge in [0.1, 0.15) is 0 Å². The van der Waals surface area contributed by atoms with E-state index in [1.807, 2.05) is 11.0 Å². The van der Waals surface area contributed by atoms with Gasteiger partial charge in [0, 0.05) is 38.3 Å². The van der Waals surface area contributed by atoms with Crippen molar-refractivity contribution < 1.29 is 19.0 Å². The Morgan fingerprint density at radius 2 is 2.07 bits per heavy atom. The maximum absolute atomic E-state index is 13.1. The van der Waals surface area contributed by atoms with Gasteiger partial charge >= 0.3 is 0 Å². The van der Waals surface area contributed by atoms with Crippen LogP contribution in [0.15, 0.2) is 18.2 Å². The van der Waals surface area contributed by atoms with E-state index in [9.17, 15) is 4.79 Å². The summed E-state index contributed by atoms with van der Waals surface area (Å²) < 4.78 is 16.2. The minimum absolute atomic E-state index is 0.0420. The molecule has 1 amide bonds. The summed E-state index contributed by atoms with van der Waals surface area (Å²) in [5.41, 5.74) is 0.635. The van der Waals surface area contributed by atoms with Gasteiger partial charge in [0.05, 0.1) is 13.7 Å². The molecule has 0 radical (unpaired) electrons. The third-order valence-corrected chi connectivity index (χ3v) is 4.99. The largest absolute Gasteiger partial charge is 0.493 e. The molecule has 1 unspecified atom stereocenters. The molecule has 1 aromatic rings. The van der Waals surface area contributed by atoms with Crippen LogP contribution < -0.4 is 14.8 Å². The van der Waals surface area contributed by atoms with Crippen LogP contribution in [0.25, 0.3) is 0 Å². The van der Waals surface area contributed by atoms with Crippen molar-refractivity contribution in [3.05, 3.63) is 23.8 Å². The molecule has 0 aliphatic carbocycles. The molecule has 1 saturated heterocycles. The van der Waals surface area contributed by atoms with E-state index in [0.717, 1.165) is 32.5 Å². The number of nitrogens with zero attached hydrogens (tertiary/aromatic N) is 1. The number of carbonyl (C=O) groups is 1. The highest BCUT2D eigenvalue weighted by molar-refractivity contribution is 5.95. The number of methoxy groups -OCH3 is 2. The lowest BCUT2D eigenvalue weighted by molar-refractivity contribution is 0.0695. The van der Waals surface area contributed by atoms with Crippen LogP contribution in [-0.4, -0.2) is 63.9 Å². The monoisotopic (exact) mass is 378 g/mol. The molecule has 0 bridgehead atoms. The summed E-state index contributed by atoms with van der Waals surface area (Å²) >= 11 is 0. The Bertz CT molecular complexity index is 586. The number of amides is 1. The van der Waals surface area contributed by atoms with E-state index >= 15 is 0 Å². The number of benzene rings is 1. The van der Waals surface area contributed by atoms with Crippen LogP contribution >= 0.6 is 0 Å². The zero-order valence-corrected chi connectivity index (χ0v) is 17.1. The van der Waals surface area contributed by atoms with Crippen molar-refractivity contribution in [3.63, 3.8) is 0 Å². The predicted octanol–water partition coefficient (Wildman–Crippen LogP) is 2.96. The molecule has 0 aromatic heterocycles. The van der Waals surface area contributed by atoms with E-state index in [1.165, 1.54) is 6.42 Å². The van der Waals surface area contributed by atoms with Crippen molar-refractivity contribution in [3.8, 4) is 11.5 Å². The van der Waals surface area contributed by atoms with Gasteiger partial charge in [-0.05, 0) is 63.9 Å². The highest BCUT2D eigenvalue weighted by atomic mass is 16.5. The fourth-order valence-corrected chi connectivity index (χ4v) is 3.35. The van der Waals surface area contributed by atoms with Gasteiger partial charge in [-0.3, -0.25) is 4.79 Å². The molecule has 1 heterocycles. The summed E-state index contributed by atoms with van der Waals surface area (Å²) in [5, 5.41) is 3.39. The van der Waals surface area contributed by atoms with Gasteiger partial charge in [-0.2, -0.15) is 0 Å². The first-order valence-electron chi connectivity index (χ1n) is 9.88. The molecular weight excluding hydrogens is 344 g/mol. The van der Waals surface area contributed by atoms with Crippen LogP contribution in [0.5, 0.6) is 11.5 Å². The van der Waals surface area contributed by atoms with Crippen molar-refractivity contribution in [2.24, 2.45) is 5.92 Å². The molecule has 152 valence electrons. The number of rotatable bonds is 11. The van der Waals surface area contributed by atoms with Gasteiger partial charge in [0.25, 0.3) is 5.91 Å². The summed E-state index contributed by atoms with van der Waals surface area (Å²) in [4.78, 5) is 15.1. The summed E-state index contributed by atoms with van der Waals surface area (Å²) in [6, 6.07) is 5.56. The van der Waals surface area contributed by atoms with Crippen molar-refractivity contribution in [2.45, 2.75) is 39.2 Å². The minimum Gasteiger partial charge on any atom is -0.493 e. The average molecular weight is 379 g/mol. The second-order valence-electron chi connectivity index (χ2n) is 7.30. The highest BCUT2D eigenvalue weighted by Crippen LogP contribution is 2.29. The summed E-state index contributed by atoms with van der Waals surface area (Å²) in [6.45, 7) is 8.21. The number of carbonyl (C=O) groups excluding carboxylic acids is 1. The first-order chi connectivity index (χ1) is 13.1. The standard InChI is InChI=1S/C21H34N2O4/c1-16(2)23(11-9-17-8-10-22-15-17)21(24)18-6-7-19(26-4)20(14-18)27-13-5-12-25-3/h6-7,14,16-17,22H,5,8-13,15H2,1-4H3. The summed E-state index contributed by atoms with van der Waals surface area (Å²) in [5.74, 6) is 1.94. The van der Waals surface area contributed by atoms with Crippen molar-refractivity contribution in [1.82, 2.24) is 10.2 Å². The second kappa shape index (κ2) is 11.1. The number of hydrogen-bond donors (Lipinski definition) is 1. The first kappa shape index (κ1) is 21.5. The Morgan fingerprint density at radius 1 is 1.26 bits per heavy atom. The van der Waals surface area contributed by atoms with Crippen LogP contribution in [0.4, 0.5) is 0 Å². The molecule has 27 heavy (non-hydrogen) atoms. The molecule has 1 aromatic carbocycles. The Hall–Kier alpha value is -1.79. The van der Waals surface area contributed by atoms with Crippen LogP contribution in [-0.2, 0) is 4.74 Å². The lowest BCUT2D eigenvalue weighted by Crippen LogP contribution is -2.38. The zero-order valence-electron chi connectivity index (χ0n) is 17.1. The molecule has 1 fully saturated rings. The molecular formula is C21H34N2O4. The van der Waals surface area contributed by atoms with Crippen molar-refractivity contribution in [2.75, 3.05) is 47.1 Å². The van der Waals surface area contributed by atoms with E-state index in [-0.39, 0.29) is 11.9 Å². The molecule has 2 rings (SSSR count). The fraction of sp³-hybridized carbons (Fsp3) is 0.667. The molecule has 1 aliphatic heterocycles. The summed E-state index contributed by atoms with van der Waals surface area (Å²) in [6.07, 6.45) is 3.01. The van der Waals surface area contributed by atoms with Gasteiger partial charge in [-0.25, -0.2) is 0 Å². The molecule has 0 spiro atoms. The maximum atomic E-state index is 13.1. The van der Waals surface area contributed by atoms with Crippen molar-refractivity contribution in [1.29, 1.82) is 0 Å². The number of nitrogens with one attached hydrogen (secondary N) is 1. The smallest absolute Gasteiger partial charge is 0.254 e. The predicted molar refractivity (Wildman–Crippen MR) is 107 cm³/mol. The second-order valence-corrected chi connectivity index (χ2v) is 7.30. The third-order valence-electron chi connectivity index (χ3n) is 4.99. The molecule has 1 aliphatic rings. The zero-order chi connectivity index (χ0) is 19.6.